The van der Waals surface area contributed by atoms with Crippen LogP contribution in [0.4, 0.5) is 4.79 Å². The molecular formula is C65H94IN9O23. The molecule has 6 atom stereocenters. The Hall–Kier alpha value is -8.41. The van der Waals surface area contributed by atoms with Crippen LogP contribution >= 0.6 is 22.6 Å². The lowest BCUT2D eigenvalue weighted by Crippen LogP contribution is -2.52. The quantitative estimate of drug-likeness (QED) is 0.0334. The summed E-state index contributed by atoms with van der Waals surface area (Å²) in [5, 5.41) is 100. The van der Waals surface area contributed by atoms with E-state index in [9.17, 15) is 108 Å². The molecule has 1 aliphatic rings. The highest BCUT2D eigenvalue weighted by Gasteiger charge is 2.34. The van der Waals surface area contributed by atoms with Crippen LogP contribution in [0, 0.1) is 9.49 Å². The molecule has 33 heteroatoms. The number of carboxylic acids is 8. The molecule has 1 saturated heterocycles. The maximum atomic E-state index is 14.6. The van der Waals surface area contributed by atoms with Crippen LogP contribution in [0.25, 0.3) is 0 Å². The molecule has 2 aromatic rings. The molecule has 1 heterocycles. The summed E-state index contributed by atoms with van der Waals surface area (Å²) in [5.41, 5.74) is 1.14. The van der Waals surface area contributed by atoms with Gasteiger partial charge in [-0.3, -0.25) is 67.5 Å². The molecule has 0 aliphatic carbocycles. The lowest BCUT2D eigenvalue weighted by atomic mass is 9.89. The van der Waals surface area contributed by atoms with E-state index in [0.717, 1.165) is 0 Å². The molecule has 1 aliphatic heterocycles. The molecule has 32 nitrogen and oxygen atoms in total. The Morgan fingerprint density at radius 2 is 0.929 bits per heavy atom. The van der Waals surface area contributed by atoms with Crippen molar-refractivity contribution in [3.8, 4) is 5.75 Å². The molecular weight excluding hydrogens is 1400 g/mol. The second-order valence-corrected chi connectivity index (χ2v) is 25.4. The lowest BCUT2D eigenvalue weighted by molar-refractivity contribution is -0.145. The van der Waals surface area contributed by atoms with Crippen LogP contribution < -0.4 is 26.6 Å². The first kappa shape index (κ1) is 83.8. The number of aliphatic carboxylic acids is 8. The number of Topliss-reactive ketones (excluding diaryl/α,β-unsaturated/α-hetero) is 2. The maximum absolute atomic E-state index is 14.6. The Labute approximate surface area is 580 Å². The van der Waals surface area contributed by atoms with E-state index in [0.29, 0.717) is 72.5 Å². The highest BCUT2D eigenvalue weighted by atomic mass is 127. The number of unbranched alkanes of at least 4 members (excludes halogenated alkanes) is 6. The van der Waals surface area contributed by atoms with Crippen molar-refractivity contribution < 1.29 is 113 Å². The number of carbonyl (C=O) groups is 14. The molecule has 0 spiro atoms. The van der Waals surface area contributed by atoms with Crippen LogP contribution in [0.3, 0.4) is 0 Å². The minimum atomic E-state index is -1.53. The fourth-order valence-corrected chi connectivity index (χ4v) is 11.6. The van der Waals surface area contributed by atoms with Crippen molar-refractivity contribution in [2.75, 3.05) is 78.5 Å². The molecule has 0 bridgehead atoms. The van der Waals surface area contributed by atoms with Crippen LogP contribution in [-0.2, 0) is 75.2 Å². The summed E-state index contributed by atoms with van der Waals surface area (Å²) in [4.78, 5) is 181. The van der Waals surface area contributed by atoms with E-state index < -0.39 is 146 Å². The van der Waals surface area contributed by atoms with Crippen LogP contribution in [0.5, 0.6) is 5.75 Å². The average Bonchev–Trinajstić information content (AvgIpc) is 0.863. The molecule has 0 aromatic heterocycles. The summed E-state index contributed by atoms with van der Waals surface area (Å²) < 4.78 is 0.423. The number of phenols is 1. The van der Waals surface area contributed by atoms with Crippen molar-refractivity contribution in [3.63, 3.8) is 0 Å². The zero-order chi connectivity index (χ0) is 72.7. The summed E-state index contributed by atoms with van der Waals surface area (Å²) >= 11 is 1.89. The minimum Gasteiger partial charge on any atom is -0.507 e. The summed E-state index contributed by atoms with van der Waals surface area (Å²) in [6.07, 6.45) is 2.84. The number of halogens is 1. The van der Waals surface area contributed by atoms with E-state index in [4.69, 9.17) is 5.11 Å². The third-order valence-corrected chi connectivity index (χ3v) is 17.3. The Balaban J connectivity index is 1.58. The SMILES string of the molecule is O=C(O)CC[C@H](NC(=O)N[C@@H](CCCCCC(=O)CCCCCCC(=O)NCCCC[C@@H](NC(=O)[C@H](CC(=O)[C@@H](Cc1ccc(O)c(I)c1)NC(=O)CC[C@H](C(=O)O)N1CCN(CC(=O)O)CCN(CC(=O)O)CCN(CC(=O)O)CC1)Cc1ccccc1)C(=O)O)C(=O)O)C(=O)O. The number of aromatic hydroxyl groups is 1. The van der Waals surface area contributed by atoms with E-state index in [1.54, 1.807) is 41.3 Å². The molecule has 0 unspecified atom stereocenters. The van der Waals surface area contributed by atoms with Crippen molar-refractivity contribution in [1.29, 1.82) is 0 Å². The van der Waals surface area contributed by atoms with Gasteiger partial charge in [-0.1, -0.05) is 62.1 Å². The predicted molar refractivity (Wildman–Crippen MR) is 358 cm³/mol. The smallest absolute Gasteiger partial charge is 0.326 e. The van der Waals surface area contributed by atoms with Crippen LogP contribution in [0.1, 0.15) is 133 Å². The van der Waals surface area contributed by atoms with Gasteiger partial charge in [0.2, 0.25) is 17.7 Å². The van der Waals surface area contributed by atoms with Gasteiger partial charge in [-0.25, -0.2) is 19.2 Å². The van der Waals surface area contributed by atoms with Gasteiger partial charge in [-0.2, -0.15) is 0 Å². The first-order valence-electron chi connectivity index (χ1n) is 32.7. The largest absolute Gasteiger partial charge is 0.507 e. The van der Waals surface area contributed by atoms with Gasteiger partial charge in [0.1, 0.15) is 35.7 Å². The van der Waals surface area contributed by atoms with E-state index in [-0.39, 0.29) is 134 Å². The molecule has 1 fully saturated rings. The Morgan fingerprint density at radius 3 is 1.43 bits per heavy atom. The van der Waals surface area contributed by atoms with Gasteiger partial charge in [0, 0.05) is 103 Å². The number of carboxylic acid groups (broad SMARTS) is 8. The van der Waals surface area contributed by atoms with Gasteiger partial charge in [-0.15, -0.1) is 0 Å². The normalized spacial score (nSPS) is 15.4. The van der Waals surface area contributed by atoms with Gasteiger partial charge in [0.25, 0.3) is 0 Å². The van der Waals surface area contributed by atoms with Crippen molar-refractivity contribution in [2.24, 2.45) is 5.92 Å². The highest BCUT2D eigenvalue weighted by Crippen LogP contribution is 2.23. The molecule has 0 saturated carbocycles. The first-order chi connectivity index (χ1) is 46.5. The molecule has 2 aromatic carbocycles. The lowest BCUT2D eigenvalue weighted by Gasteiger charge is -2.35. The van der Waals surface area contributed by atoms with Crippen molar-refractivity contribution in [2.45, 2.75) is 165 Å². The van der Waals surface area contributed by atoms with Crippen molar-refractivity contribution in [1.82, 2.24) is 46.2 Å². The molecule has 544 valence electrons. The first-order valence-corrected chi connectivity index (χ1v) is 33.8. The Kier molecular flexibility index (Phi) is 39.3. The average molecular weight is 1500 g/mol. The van der Waals surface area contributed by atoms with Crippen molar-refractivity contribution >= 4 is 106 Å². The number of ketones is 2. The number of hydrogen-bond acceptors (Lipinski definition) is 19. The highest BCUT2D eigenvalue weighted by molar-refractivity contribution is 14.1. The van der Waals surface area contributed by atoms with E-state index in [1.807, 2.05) is 22.6 Å². The van der Waals surface area contributed by atoms with E-state index >= 15 is 0 Å². The molecule has 98 heavy (non-hydrogen) atoms. The standard InChI is InChI=1S/C65H94IN9O23/c66-46-36-43(20-23-52(46)77)37-50(68-55(80)24-22-51(64(96)97)75-33-31-73(40-58(85)86)29-27-72(39-57(83)84)28-30-74(32-34-75)41-59(87)88)53(78)38-44(35-42-13-5-3-6-14-42)60(89)69-47(61(90)91)18-11-12-26-67-54(79)19-10-2-1-7-15-45(76)16-8-4-9-17-48(62(92)93)70-65(98)71-49(63(94)95)21-25-56(81)82/h3,5-6,13-14,20,23,36,44,47-51,77H,1-2,4,7-12,15-19,21-22,24-35,37-41H2,(H,67,79)(H,68,80)(H,69,89)(H,81,82)(H,83,84)(H,85,86)(H,87,88)(H,90,91)(H,92,93)(H,94,95)(H,96,97)(H2,70,71,98)/t44-,47+,48-,49-,50+,51+/m0/s1. The number of nitrogens with one attached hydrogen (secondary N) is 5. The summed E-state index contributed by atoms with van der Waals surface area (Å²) in [6, 6.07) is 5.12. The molecule has 5 amide bonds. The van der Waals surface area contributed by atoms with E-state index in [2.05, 4.69) is 26.6 Å². The number of nitrogens with zero attached hydrogens (tertiary/aromatic N) is 4. The fourth-order valence-electron chi connectivity index (χ4n) is 11.0. The monoisotopic (exact) mass is 1500 g/mol. The molecule has 14 N–H and O–H groups in total. The Morgan fingerprint density at radius 1 is 0.439 bits per heavy atom. The number of rotatable bonds is 47. The van der Waals surface area contributed by atoms with Crippen LogP contribution in [-0.4, -0.2) is 257 Å². The number of urea groups is 1. The fraction of sp³-hybridized carbons (Fsp3) is 0.600. The Bertz CT molecular complexity index is 2970. The number of amides is 5. The summed E-state index contributed by atoms with van der Waals surface area (Å²) in [7, 11) is 0. The predicted octanol–water partition coefficient (Wildman–Crippen LogP) is 2.34. The van der Waals surface area contributed by atoms with E-state index in [1.165, 1.54) is 26.8 Å². The second kappa shape index (κ2) is 46.0. The van der Waals surface area contributed by atoms with Crippen LogP contribution in [0.2, 0.25) is 0 Å². The second-order valence-electron chi connectivity index (χ2n) is 24.2. The van der Waals surface area contributed by atoms with Gasteiger partial charge < -0.3 is 72.5 Å². The minimum absolute atomic E-state index is 0.00425. The third-order valence-electron chi connectivity index (χ3n) is 16.4. The van der Waals surface area contributed by atoms with Crippen LogP contribution in [0.15, 0.2) is 48.5 Å². The number of carbonyl (C=O) groups excluding carboxylic acids is 6. The maximum Gasteiger partial charge on any atom is 0.326 e. The third kappa shape index (κ3) is 35.7. The summed E-state index contributed by atoms with van der Waals surface area (Å²) in [6.45, 7) is -0.797. The zero-order valence-electron chi connectivity index (χ0n) is 54.8. The topological polar surface area (TPSA) is 494 Å². The number of benzene rings is 2. The van der Waals surface area contributed by atoms with Gasteiger partial charge in [-0.05, 0) is 116 Å². The number of phenolic OH excluding ortho intramolecular Hbond substituents is 1. The number of hydrogen-bond donors (Lipinski definition) is 14. The summed E-state index contributed by atoms with van der Waals surface area (Å²) in [5.74, 6) is -13.9. The van der Waals surface area contributed by atoms with Gasteiger partial charge >= 0.3 is 53.8 Å². The molecule has 0 radical (unpaired) electrons. The van der Waals surface area contributed by atoms with Gasteiger partial charge in [0.15, 0.2) is 5.78 Å². The van der Waals surface area contributed by atoms with Crippen molar-refractivity contribution in [3.05, 3.63) is 63.2 Å². The zero-order valence-corrected chi connectivity index (χ0v) is 57.0. The molecule has 3 rings (SSSR count). The van der Waals surface area contributed by atoms with Gasteiger partial charge in [0.05, 0.1) is 29.2 Å².